The van der Waals surface area contributed by atoms with Crippen molar-refractivity contribution < 1.29 is 0 Å². The Bertz CT molecular complexity index is 465. The van der Waals surface area contributed by atoms with Gasteiger partial charge < -0.3 is 5.73 Å². The van der Waals surface area contributed by atoms with Crippen molar-refractivity contribution in [2.75, 3.05) is 0 Å². The topological polar surface area (TPSA) is 51.8 Å². The van der Waals surface area contributed by atoms with Crippen LogP contribution in [0.4, 0.5) is 0 Å². The quantitative estimate of drug-likeness (QED) is 0.845. The van der Waals surface area contributed by atoms with Crippen LogP contribution in [0.5, 0.6) is 0 Å². The summed E-state index contributed by atoms with van der Waals surface area (Å²) in [5.41, 5.74) is 8.02. The Morgan fingerprint density at radius 2 is 1.94 bits per heavy atom. The number of benzene rings is 1. The molecule has 2 rings (SSSR count). The zero-order valence-electron chi connectivity index (χ0n) is 9.72. The molecule has 2 aromatic rings. The van der Waals surface area contributed by atoms with E-state index in [1.807, 2.05) is 0 Å². The van der Waals surface area contributed by atoms with Crippen LogP contribution in [0.15, 0.2) is 28.6 Å². The molecular formula is C12H15N3S2. The van der Waals surface area contributed by atoms with Gasteiger partial charge in [-0.2, -0.15) is 4.37 Å². The van der Waals surface area contributed by atoms with Crippen LogP contribution in [0.25, 0.3) is 0 Å². The van der Waals surface area contributed by atoms with Crippen LogP contribution >= 0.6 is 23.3 Å². The molecule has 1 aromatic heterocycles. The van der Waals surface area contributed by atoms with Crippen molar-refractivity contribution in [3.63, 3.8) is 0 Å². The Labute approximate surface area is 110 Å². The summed E-state index contributed by atoms with van der Waals surface area (Å²) >= 11 is 3.22. The summed E-state index contributed by atoms with van der Waals surface area (Å²) < 4.78 is 5.31. The van der Waals surface area contributed by atoms with Gasteiger partial charge in [-0.05, 0) is 22.7 Å². The number of hydrogen-bond acceptors (Lipinski definition) is 5. The second-order valence-electron chi connectivity index (χ2n) is 3.64. The van der Waals surface area contributed by atoms with Crippen LogP contribution in [-0.2, 0) is 18.7 Å². The maximum Gasteiger partial charge on any atom is 0.170 e. The normalized spacial score (nSPS) is 10.7. The highest BCUT2D eigenvalue weighted by Crippen LogP contribution is 2.24. The summed E-state index contributed by atoms with van der Waals surface area (Å²) in [6, 6.07) is 8.40. The van der Waals surface area contributed by atoms with E-state index in [-0.39, 0.29) is 0 Å². The van der Waals surface area contributed by atoms with Crippen LogP contribution in [0.2, 0.25) is 0 Å². The third-order valence-corrected chi connectivity index (χ3v) is 4.33. The van der Waals surface area contributed by atoms with Crippen molar-refractivity contribution in [2.24, 2.45) is 5.73 Å². The minimum Gasteiger partial charge on any atom is -0.326 e. The fourth-order valence-corrected chi connectivity index (χ4v) is 3.01. The van der Waals surface area contributed by atoms with E-state index in [9.17, 15) is 0 Å². The van der Waals surface area contributed by atoms with Crippen LogP contribution in [0.3, 0.4) is 0 Å². The van der Waals surface area contributed by atoms with Crippen LogP contribution < -0.4 is 5.73 Å². The largest absolute Gasteiger partial charge is 0.326 e. The van der Waals surface area contributed by atoms with Crippen molar-refractivity contribution in [1.29, 1.82) is 0 Å². The molecule has 2 N–H and O–H groups in total. The average Bonchev–Trinajstić information content (AvgIpc) is 2.85. The number of aromatic nitrogens is 2. The van der Waals surface area contributed by atoms with Crippen molar-refractivity contribution in [1.82, 2.24) is 9.36 Å². The first-order chi connectivity index (χ1) is 8.31. The van der Waals surface area contributed by atoms with Gasteiger partial charge in [-0.1, -0.05) is 43.0 Å². The SMILES string of the molecule is CCc1nsc(SCc2ccc(CN)cc2)n1. The Kier molecular flexibility index (Phi) is 4.53. The lowest BCUT2D eigenvalue weighted by Gasteiger charge is -2.00. The van der Waals surface area contributed by atoms with Gasteiger partial charge in [0, 0.05) is 18.7 Å². The molecule has 17 heavy (non-hydrogen) atoms. The summed E-state index contributed by atoms with van der Waals surface area (Å²) in [4.78, 5) is 4.43. The minimum atomic E-state index is 0.601. The van der Waals surface area contributed by atoms with E-state index < -0.39 is 0 Å². The fraction of sp³-hybridized carbons (Fsp3) is 0.333. The molecule has 0 aliphatic carbocycles. The Morgan fingerprint density at radius 3 is 2.53 bits per heavy atom. The number of nitrogens with two attached hydrogens (primary N) is 1. The molecule has 0 bridgehead atoms. The van der Waals surface area contributed by atoms with Gasteiger partial charge in [-0.3, -0.25) is 0 Å². The summed E-state index contributed by atoms with van der Waals surface area (Å²) in [5, 5.41) is 0. The number of thioether (sulfide) groups is 1. The van der Waals surface area contributed by atoms with E-state index in [1.165, 1.54) is 22.7 Å². The smallest absolute Gasteiger partial charge is 0.170 e. The van der Waals surface area contributed by atoms with Gasteiger partial charge in [0.1, 0.15) is 5.82 Å². The number of hydrogen-bond donors (Lipinski definition) is 1. The highest BCUT2D eigenvalue weighted by molar-refractivity contribution is 8.00. The van der Waals surface area contributed by atoms with Crippen molar-refractivity contribution in [3.05, 3.63) is 41.2 Å². The molecule has 0 unspecified atom stereocenters. The van der Waals surface area contributed by atoms with Crippen LogP contribution in [-0.4, -0.2) is 9.36 Å². The molecule has 0 fully saturated rings. The third kappa shape index (κ3) is 3.52. The molecule has 0 radical (unpaired) electrons. The molecular weight excluding hydrogens is 250 g/mol. The van der Waals surface area contributed by atoms with Gasteiger partial charge in [0.2, 0.25) is 0 Å². The average molecular weight is 265 g/mol. The maximum atomic E-state index is 5.56. The lowest BCUT2D eigenvalue weighted by molar-refractivity contribution is 0.971. The van der Waals surface area contributed by atoms with Gasteiger partial charge in [0.25, 0.3) is 0 Å². The lowest BCUT2D eigenvalue weighted by atomic mass is 10.1. The first kappa shape index (κ1) is 12.5. The summed E-state index contributed by atoms with van der Waals surface area (Å²) in [7, 11) is 0. The highest BCUT2D eigenvalue weighted by atomic mass is 32.2. The Hall–Kier alpha value is -0.910. The van der Waals surface area contributed by atoms with Crippen molar-refractivity contribution >= 4 is 23.3 Å². The molecule has 0 spiro atoms. The monoisotopic (exact) mass is 265 g/mol. The Morgan fingerprint density at radius 1 is 1.24 bits per heavy atom. The van der Waals surface area contributed by atoms with E-state index in [0.717, 1.165) is 22.3 Å². The molecule has 1 aromatic carbocycles. The molecule has 5 heteroatoms. The van der Waals surface area contributed by atoms with E-state index in [2.05, 4.69) is 40.5 Å². The van der Waals surface area contributed by atoms with E-state index in [0.29, 0.717) is 6.54 Å². The van der Waals surface area contributed by atoms with Crippen LogP contribution in [0.1, 0.15) is 23.9 Å². The molecule has 0 amide bonds. The lowest BCUT2D eigenvalue weighted by Crippen LogP contribution is -1.95. The zero-order chi connectivity index (χ0) is 12.1. The van der Waals surface area contributed by atoms with Gasteiger partial charge in [0.05, 0.1) is 0 Å². The minimum absolute atomic E-state index is 0.601. The second kappa shape index (κ2) is 6.14. The summed E-state index contributed by atoms with van der Waals surface area (Å²) in [6.45, 7) is 2.67. The molecule has 0 saturated carbocycles. The molecule has 3 nitrogen and oxygen atoms in total. The second-order valence-corrected chi connectivity index (χ2v) is 5.61. The summed E-state index contributed by atoms with van der Waals surface area (Å²) in [6.07, 6.45) is 0.905. The van der Waals surface area contributed by atoms with Crippen molar-refractivity contribution in [3.8, 4) is 0 Å². The molecule has 1 heterocycles. The predicted octanol–water partition coefficient (Wildman–Crippen LogP) is 2.85. The van der Waals surface area contributed by atoms with Gasteiger partial charge >= 0.3 is 0 Å². The third-order valence-electron chi connectivity index (χ3n) is 2.39. The van der Waals surface area contributed by atoms with Crippen LogP contribution in [0, 0.1) is 0 Å². The zero-order valence-corrected chi connectivity index (χ0v) is 11.4. The van der Waals surface area contributed by atoms with Gasteiger partial charge in [-0.25, -0.2) is 4.98 Å². The van der Waals surface area contributed by atoms with E-state index in [4.69, 9.17) is 5.73 Å². The maximum absolute atomic E-state index is 5.56. The molecule has 0 aliphatic rings. The fourth-order valence-electron chi connectivity index (χ4n) is 1.36. The molecule has 0 saturated heterocycles. The molecule has 90 valence electrons. The first-order valence-corrected chi connectivity index (χ1v) is 7.31. The van der Waals surface area contributed by atoms with Crippen molar-refractivity contribution in [2.45, 2.75) is 30.0 Å². The van der Waals surface area contributed by atoms with E-state index in [1.54, 1.807) is 11.8 Å². The standard InChI is InChI=1S/C12H15N3S2/c1-2-11-14-12(17-15-11)16-8-10-5-3-9(7-13)4-6-10/h3-6H,2,7-8,13H2,1H3. The van der Waals surface area contributed by atoms with Gasteiger partial charge in [0.15, 0.2) is 4.34 Å². The number of nitrogens with zero attached hydrogens (tertiary/aromatic N) is 2. The predicted molar refractivity (Wildman–Crippen MR) is 73.2 cm³/mol. The first-order valence-electron chi connectivity index (χ1n) is 5.55. The highest BCUT2D eigenvalue weighted by Gasteiger charge is 2.03. The van der Waals surface area contributed by atoms with E-state index >= 15 is 0 Å². The van der Waals surface area contributed by atoms with Gasteiger partial charge in [-0.15, -0.1) is 0 Å². The molecule has 0 atom stereocenters. The Balaban J connectivity index is 1.92. The number of aryl methyl sites for hydroxylation is 1. The number of rotatable bonds is 5. The molecule has 0 aliphatic heterocycles. The summed E-state index contributed by atoms with van der Waals surface area (Å²) in [5.74, 6) is 1.87.